The summed E-state index contributed by atoms with van der Waals surface area (Å²) >= 11 is 0. The third kappa shape index (κ3) is 4.01. The van der Waals surface area contributed by atoms with Crippen LogP contribution >= 0.6 is 0 Å². The number of nitrogens with zero attached hydrogens (tertiary/aromatic N) is 1. The molecule has 2 aromatic carbocycles. The van der Waals surface area contributed by atoms with Crippen LogP contribution in [0.15, 0.2) is 48.5 Å². The molecule has 2 rings (SSSR count). The molecule has 0 saturated carbocycles. The molecule has 1 amide bonds. The van der Waals surface area contributed by atoms with Crippen LogP contribution in [0.1, 0.15) is 19.4 Å². The van der Waals surface area contributed by atoms with E-state index in [0.29, 0.717) is 12.4 Å². The Morgan fingerprint density at radius 1 is 1.05 bits per heavy atom. The predicted molar refractivity (Wildman–Crippen MR) is 87.9 cm³/mol. The average molecular weight is 299 g/mol. The molecule has 0 aliphatic carbocycles. The molecule has 116 valence electrons. The Labute approximate surface area is 131 Å². The summed E-state index contributed by atoms with van der Waals surface area (Å²) in [6.45, 7) is 4.59. The number of rotatable bonds is 5. The second-order valence-corrected chi connectivity index (χ2v) is 4.85. The topological polar surface area (TPSA) is 38.8 Å². The van der Waals surface area contributed by atoms with Gasteiger partial charge in [-0.25, -0.2) is 4.79 Å². The van der Waals surface area contributed by atoms with E-state index in [0.717, 1.165) is 17.9 Å². The molecule has 0 heterocycles. The molecular weight excluding hydrogens is 278 g/mol. The Morgan fingerprint density at radius 3 is 2.41 bits per heavy atom. The Bertz CT molecular complexity index is 622. The average Bonchev–Trinajstić information content (AvgIpc) is 2.55. The molecule has 0 radical (unpaired) electrons. The van der Waals surface area contributed by atoms with Crippen molar-refractivity contribution in [2.24, 2.45) is 0 Å². The fourth-order valence-corrected chi connectivity index (χ4v) is 2.02. The second-order valence-electron chi connectivity index (χ2n) is 4.85. The molecule has 0 N–H and O–H groups in total. The van der Waals surface area contributed by atoms with Crippen LogP contribution in [0, 0.1) is 0 Å². The van der Waals surface area contributed by atoms with Crippen LogP contribution in [0.3, 0.4) is 0 Å². The third-order valence-corrected chi connectivity index (χ3v) is 3.33. The van der Waals surface area contributed by atoms with Gasteiger partial charge in [-0.2, -0.15) is 0 Å². The Balaban J connectivity index is 2.06. The number of ether oxygens (including phenoxy) is 2. The van der Waals surface area contributed by atoms with Gasteiger partial charge in [0.2, 0.25) is 0 Å². The zero-order valence-corrected chi connectivity index (χ0v) is 13.2. The van der Waals surface area contributed by atoms with Crippen LogP contribution in [0.2, 0.25) is 0 Å². The number of amides is 1. The first kappa shape index (κ1) is 15.9. The first-order valence-electron chi connectivity index (χ1n) is 7.41. The van der Waals surface area contributed by atoms with Crippen LogP contribution < -0.4 is 14.4 Å². The Kier molecular flexibility index (Phi) is 5.42. The van der Waals surface area contributed by atoms with E-state index in [1.165, 1.54) is 10.5 Å². The van der Waals surface area contributed by atoms with Gasteiger partial charge in [0.15, 0.2) is 0 Å². The highest BCUT2D eigenvalue weighted by atomic mass is 16.6. The lowest BCUT2D eigenvalue weighted by molar-refractivity contribution is 0.209. The molecule has 0 aliphatic heterocycles. The summed E-state index contributed by atoms with van der Waals surface area (Å²) in [5.41, 5.74) is 1.93. The van der Waals surface area contributed by atoms with Gasteiger partial charge in [0.25, 0.3) is 0 Å². The zero-order valence-electron chi connectivity index (χ0n) is 13.2. The minimum absolute atomic E-state index is 0.433. The lowest BCUT2D eigenvalue weighted by Gasteiger charge is -2.17. The summed E-state index contributed by atoms with van der Waals surface area (Å²) in [5, 5.41) is 0. The highest BCUT2D eigenvalue weighted by molar-refractivity contribution is 5.88. The van der Waals surface area contributed by atoms with E-state index < -0.39 is 6.09 Å². The van der Waals surface area contributed by atoms with Crippen molar-refractivity contribution in [1.29, 1.82) is 0 Å². The van der Waals surface area contributed by atoms with Crippen molar-refractivity contribution in [3.05, 3.63) is 54.1 Å². The molecule has 0 unspecified atom stereocenters. The van der Waals surface area contributed by atoms with Gasteiger partial charge in [-0.3, -0.25) is 4.90 Å². The van der Waals surface area contributed by atoms with Crippen LogP contribution in [0.4, 0.5) is 10.5 Å². The number of hydrogen-bond donors (Lipinski definition) is 0. The highest BCUT2D eigenvalue weighted by Gasteiger charge is 2.14. The summed E-state index contributed by atoms with van der Waals surface area (Å²) in [5.74, 6) is 1.27. The maximum absolute atomic E-state index is 12.2. The Hall–Kier alpha value is -2.49. The SMILES string of the molecule is CCOc1cccc(N(C)C(=O)Oc2ccc(CC)cc2)c1. The van der Waals surface area contributed by atoms with Crippen molar-refractivity contribution in [2.45, 2.75) is 20.3 Å². The molecule has 22 heavy (non-hydrogen) atoms. The zero-order chi connectivity index (χ0) is 15.9. The summed E-state index contributed by atoms with van der Waals surface area (Å²) < 4.78 is 10.8. The highest BCUT2D eigenvalue weighted by Crippen LogP contribution is 2.22. The van der Waals surface area contributed by atoms with Gasteiger partial charge in [0.05, 0.1) is 12.3 Å². The quantitative estimate of drug-likeness (QED) is 0.827. The monoisotopic (exact) mass is 299 g/mol. The summed E-state index contributed by atoms with van der Waals surface area (Å²) in [7, 11) is 1.67. The van der Waals surface area contributed by atoms with Crippen LogP contribution in [0.5, 0.6) is 11.5 Å². The van der Waals surface area contributed by atoms with Crippen molar-refractivity contribution >= 4 is 11.8 Å². The van der Waals surface area contributed by atoms with Gasteiger partial charge in [0, 0.05) is 13.1 Å². The summed E-state index contributed by atoms with van der Waals surface area (Å²) in [4.78, 5) is 13.7. The van der Waals surface area contributed by atoms with Gasteiger partial charge in [0.1, 0.15) is 11.5 Å². The molecular formula is C18H21NO3. The molecule has 0 spiro atoms. The number of aryl methyl sites for hydroxylation is 1. The van der Waals surface area contributed by atoms with Crippen LogP contribution in [-0.4, -0.2) is 19.7 Å². The number of carbonyl (C=O) groups excluding carboxylic acids is 1. The van der Waals surface area contributed by atoms with Gasteiger partial charge < -0.3 is 9.47 Å². The van der Waals surface area contributed by atoms with Crippen LogP contribution in [0.25, 0.3) is 0 Å². The van der Waals surface area contributed by atoms with Gasteiger partial charge in [-0.15, -0.1) is 0 Å². The first-order valence-corrected chi connectivity index (χ1v) is 7.41. The van der Waals surface area contributed by atoms with Gasteiger partial charge >= 0.3 is 6.09 Å². The number of anilines is 1. The standard InChI is InChI=1S/C18H21NO3/c1-4-14-9-11-16(12-10-14)22-18(20)19(3)15-7-6-8-17(13-15)21-5-2/h6-13H,4-5H2,1-3H3. The molecule has 4 heteroatoms. The molecule has 2 aromatic rings. The predicted octanol–water partition coefficient (Wildman–Crippen LogP) is 4.28. The van der Waals surface area contributed by atoms with Gasteiger partial charge in [-0.1, -0.05) is 25.1 Å². The van der Waals surface area contributed by atoms with Gasteiger partial charge in [-0.05, 0) is 43.2 Å². The molecule has 4 nitrogen and oxygen atoms in total. The molecule has 0 aliphatic rings. The maximum atomic E-state index is 12.2. The molecule has 0 aromatic heterocycles. The van der Waals surface area contributed by atoms with Crippen molar-refractivity contribution in [2.75, 3.05) is 18.6 Å². The van der Waals surface area contributed by atoms with E-state index >= 15 is 0 Å². The van der Waals surface area contributed by atoms with Crippen molar-refractivity contribution in [1.82, 2.24) is 0 Å². The maximum Gasteiger partial charge on any atom is 0.419 e. The number of benzene rings is 2. The summed E-state index contributed by atoms with van der Waals surface area (Å²) in [6, 6.07) is 14.9. The number of hydrogen-bond acceptors (Lipinski definition) is 3. The Morgan fingerprint density at radius 2 is 1.77 bits per heavy atom. The second kappa shape index (κ2) is 7.50. The van der Waals surface area contributed by atoms with Crippen LogP contribution in [-0.2, 0) is 6.42 Å². The molecule has 0 bridgehead atoms. The van der Waals surface area contributed by atoms with Crippen molar-refractivity contribution in [3.63, 3.8) is 0 Å². The van der Waals surface area contributed by atoms with Crippen molar-refractivity contribution < 1.29 is 14.3 Å². The third-order valence-electron chi connectivity index (χ3n) is 3.33. The van der Waals surface area contributed by atoms with E-state index in [9.17, 15) is 4.79 Å². The van der Waals surface area contributed by atoms with E-state index in [4.69, 9.17) is 9.47 Å². The largest absolute Gasteiger partial charge is 0.494 e. The molecule has 0 atom stereocenters. The minimum atomic E-state index is -0.433. The van der Waals surface area contributed by atoms with Crippen molar-refractivity contribution in [3.8, 4) is 11.5 Å². The number of carbonyl (C=O) groups is 1. The van der Waals surface area contributed by atoms with E-state index in [-0.39, 0.29) is 0 Å². The molecule has 0 saturated heterocycles. The lowest BCUT2D eigenvalue weighted by atomic mass is 10.2. The lowest BCUT2D eigenvalue weighted by Crippen LogP contribution is -2.29. The fraction of sp³-hybridized carbons (Fsp3) is 0.278. The summed E-state index contributed by atoms with van der Waals surface area (Å²) in [6.07, 6.45) is 0.524. The molecule has 0 fully saturated rings. The normalized spacial score (nSPS) is 10.1. The van der Waals surface area contributed by atoms with E-state index in [2.05, 4.69) is 6.92 Å². The minimum Gasteiger partial charge on any atom is -0.494 e. The smallest absolute Gasteiger partial charge is 0.419 e. The van der Waals surface area contributed by atoms with E-state index in [1.807, 2.05) is 43.3 Å². The fourth-order valence-electron chi connectivity index (χ4n) is 2.02. The first-order chi connectivity index (χ1) is 10.6. The van der Waals surface area contributed by atoms with E-state index in [1.54, 1.807) is 19.2 Å².